The Morgan fingerprint density at radius 2 is 2.00 bits per heavy atom. The van der Waals surface area contributed by atoms with Crippen LogP contribution in [0, 0.1) is 0 Å². The maximum absolute atomic E-state index is 13.9. The minimum Gasteiger partial charge on any atom is -0.495 e. The Bertz CT molecular complexity index is 1270. The number of aromatic nitrogens is 1. The van der Waals surface area contributed by atoms with Crippen LogP contribution >= 0.6 is 11.8 Å². The summed E-state index contributed by atoms with van der Waals surface area (Å²) < 4.78 is 44.9. The molecule has 0 fully saturated rings. The van der Waals surface area contributed by atoms with Crippen LogP contribution in [0.15, 0.2) is 62.8 Å². The van der Waals surface area contributed by atoms with Gasteiger partial charge in [0, 0.05) is 28.3 Å². The molecule has 10 heteroatoms. The van der Waals surface area contributed by atoms with Crippen LogP contribution in [0.25, 0.3) is 11.3 Å². The van der Waals surface area contributed by atoms with Crippen molar-refractivity contribution in [1.82, 2.24) is 5.16 Å². The average Bonchev–Trinajstić information content (AvgIpc) is 3.33. The van der Waals surface area contributed by atoms with Crippen molar-refractivity contribution in [1.29, 1.82) is 0 Å². The number of hydrogen-bond donors (Lipinski definition) is 0. The number of nitrogens with zero attached hydrogens (tertiary/aromatic N) is 2. The van der Waals surface area contributed by atoms with Gasteiger partial charge in [0.15, 0.2) is 11.5 Å². The van der Waals surface area contributed by atoms with Crippen LogP contribution in [0.5, 0.6) is 5.75 Å². The van der Waals surface area contributed by atoms with E-state index in [0.29, 0.717) is 17.8 Å². The van der Waals surface area contributed by atoms with Gasteiger partial charge in [-0.25, -0.2) is 13.2 Å². The third-order valence-corrected chi connectivity index (χ3v) is 8.48. The van der Waals surface area contributed by atoms with E-state index in [2.05, 4.69) is 5.16 Å². The Hall–Kier alpha value is -2.98. The summed E-state index contributed by atoms with van der Waals surface area (Å²) in [5.74, 6) is -0.146. The summed E-state index contributed by atoms with van der Waals surface area (Å²) in [7, 11) is -2.54. The van der Waals surface area contributed by atoms with Crippen molar-refractivity contribution in [2.24, 2.45) is 0 Å². The third-order valence-electron chi connectivity index (χ3n) is 5.26. The van der Waals surface area contributed by atoms with Crippen molar-refractivity contribution < 1.29 is 27.2 Å². The summed E-state index contributed by atoms with van der Waals surface area (Å²) in [6, 6.07) is 13.6. The number of sulfonamides is 1. The van der Waals surface area contributed by atoms with Crippen molar-refractivity contribution in [3.63, 3.8) is 0 Å². The number of hydrogen-bond acceptors (Lipinski definition) is 8. The SMILES string of the molecule is CCOC(=O)c1cc(-c2ccc(OC)c(S(=O)(=O)N3C[C@H](CC)Sc4ccccc43)c2)on1. The molecule has 33 heavy (non-hydrogen) atoms. The van der Waals surface area contributed by atoms with Gasteiger partial charge in [0.2, 0.25) is 0 Å². The summed E-state index contributed by atoms with van der Waals surface area (Å²) >= 11 is 1.69. The van der Waals surface area contributed by atoms with Gasteiger partial charge < -0.3 is 14.0 Å². The van der Waals surface area contributed by atoms with E-state index in [4.69, 9.17) is 14.0 Å². The normalized spacial score (nSPS) is 15.7. The van der Waals surface area contributed by atoms with Crippen LogP contribution in [0.4, 0.5) is 5.69 Å². The highest BCUT2D eigenvalue weighted by Crippen LogP contribution is 2.43. The Morgan fingerprint density at radius 3 is 2.73 bits per heavy atom. The van der Waals surface area contributed by atoms with E-state index in [-0.39, 0.29) is 34.0 Å². The fourth-order valence-electron chi connectivity index (χ4n) is 3.57. The van der Waals surface area contributed by atoms with Crippen molar-refractivity contribution >= 4 is 33.4 Å². The van der Waals surface area contributed by atoms with Crippen molar-refractivity contribution in [3.05, 3.63) is 54.2 Å². The molecule has 2 aromatic carbocycles. The molecule has 8 nitrogen and oxygen atoms in total. The fraction of sp³-hybridized carbons (Fsp3) is 0.304. The molecule has 0 bridgehead atoms. The summed E-state index contributed by atoms with van der Waals surface area (Å²) in [4.78, 5) is 12.9. The molecule has 0 unspecified atom stereocenters. The number of carbonyl (C=O) groups excluding carboxylic acids is 1. The fourth-order valence-corrected chi connectivity index (χ4v) is 6.64. The standard InChI is InChI=1S/C23H24N2O6S2/c1-4-16-14-25(18-8-6-7-9-21(18)32-16)33(27,28)22-12-15(10-11-19(22)29-3)20-13-17(24-31-20)23(26)30-5-2/h6-13,16H,4-5,14H2,1-3H3/t16-/m0/s1. The molecule has 3 aromatic rings. The van der Waals surface area contributed by atoms with Crippen molar-refractivity contribution in [2.45, 2.75) is 35.3 Å². The molecule has 0 aliphatic carbocycles. The number of rotatable bonds is 7. The van der Waals surface area contributed by atoms with E-state index in [1.807, 2.05) is 31.2 Å². The lowest BCUT2D eigenvalue weighted by molar-refractivity contribution is 0.0514. The minimum absolute atomic E-state index is 0.00754. The number of fused-ring (bicyclic) bond motifs is 1. The molecule has 0 radical (unpaired) electrons. The maximum Gasteiger partial charge on any atom is 0.360 e. The predicted octanol–water partition coefficient (Wildman–Crippen LogP) is 4.61. The molecule has 1 aliphatic rings. The van der Waals surface area contributed by atoms with Crippen LogP contribution in [0.2, 0.25) is 0 Å². The smallest absolute Gasteiger partial charge is 0.360 e. The zero-order valence-electron chi connectivity index (χ0n) is 18.5. The Morgan fingerprint density at radius 1 is 1.21 bits per heavy atom. The van der Waals surface area contributed by atoms with Gasteiger partial charge in [-0.3, -0.25) is 4.31 Å². The van der Waals surface area contributed by atoms with Gasteiger partial charge in [-0.2, -0.15) is 0 Å². The monoisotopic (exact) mass is 488 g/mol. The molecule has 0 amide bonds. The summed E-state index contributed by atoms with van der Waals surface area (Å²) in [6.45, 7) is 4.30. The molecule has 0 spiro atoms. The van der Waals surface area contributed by atoms with Gasteiger partial charge in [0.05, 0.1) is 19.4 Å². The van der Waals surface area contributed by atoms with E-state index in [1.165, 1.54) is 23.5 Å². The highest BCUT2D eigenvalue weighted by atomic mass is 32.2. The number of esters is 1. The van der Waals surface area contributed by atoms with E-state index >= 15 is 0 Å². The molecule has 0 saturated heterocycles. The molecule has 4 rings (SSSR count). The Labute approximate surface area is 196 Å². The lowest BCUT2D eigenvalue weighted by atomic mass is 10.1. The quantitative estimate of drug-likeness (QED) is 0.445. The molecule has 0 N–H and O–H groups in total. The van der Waals surface area contributed by atoms with E-state index in [9.17, 15) is 13.2 Å². The number of anilines is 1. The van der Waals surface area contributed by atoms with E-state index < -0.39 is 16.0 Å². The lowest BCUT2D eigenvalue weighted by Crippen LogP contribution is -2.39. The third kappa shape index (κ3) is 4.45. The van der Waals surface area contributed by atoms with Gasteiger partial charge in [0.1, 0.15) is 10.6 Å². The van der Waals surface area contributed by atoms with E-state index in [0.717, 1.165) is 11.3 Å². The molecule has 2 heterocycles. The number of benzene rings is 2. The Kier molecular flexibility index (Phi) is 6.66. The van der Waals surface area contributed by atoms with Crippen molar-refractivity contribution in [3.8, 4) is 17.1 Å². The molecule has 1 aliphatic heterocycles. The maximum atomic E-state index is 13.9. The number of para-hydroxylation sites is 1. The number of methoxy groups -OCH3 is 1. The van der Waals surface area contributed by atoms with Crippen LogP contribution in [-0.2, 0) is 14.8 Å². The van der Waals surface area contributed by atoms with Gasteiger partial charge in [-0.1, -0.05) is 24.2 Å². The predicted molar refractivity (Wildman–Crippen MR) is 125 cm³/mol. The second kappa shape index (κ2) is 9.48. The molecular formula is C23H24N2O6S2. The molecule has 1 aromatic heterocycles. The number of thioether (sulfide) groups is 1. The van der Waals surface area contributed by atoms with Gasteiger partial charge in [-0.05, 0) is 43.7 Å². The minimum atomic E-state index is -3.97. The van der Waals surface area contributed by atoms with Gasteiger partial charge in [-0.15, -0.1) is 11.8 Å². The molecular weight excluding hydrogens is 464 g/mol. The molecule has 1 atom stereocenters. The summed E-state index contributed by atoms with van der Waals surface area (Å²) in [6.07, 6.45) is 0.830. The highest BCUT2D eigenvalue weighted by molar-refractivity contribution is 8.00. The Balaban J connectivity index is 1.78. The topological polar surface area (TPSA) is 98.9 Å². The van der Waals surface area contributed by atoms with Crippen LogP contribution in [0.1, 0.15) is 30.8 Å². The summed E-state index contributed by atoms with van der Waals surface area (Å²) in [5, 5.41) is 3.87. The van der Waals surface area contributed by atoms with Crippen LogP contribution in [-0.4, -0.2) is 45.1 Å². The first-order valence-electron chi connectivity index (χ1n) is 10.5. The van der Waals surface area contributed by atoms with Gasteiger partial charge in [0.25, 0.3) is 10.0 Å². The second-order valence-corrected chi connectivity index (χ2v) is 10.5. The first-order valence-corrected chi connectivity index (χ1v) is 12.8. The van der Waals surface area contributed by atoms with Crippen molar-refractivity contribution in [2.75, 3.05) is 24.6 Å². The zero-order chi connectivity index (χ0) is 23.6. The van der Waals surface area contributed by atoms with E-state index in [1.54, 1.807) is 30.8 Å². The largest absolute Gasteiger partial charge is 0.495 e. The average molecular weight is 489 g/mol. The van der Waals surface area contributed by atoms with Crippen LogP contribution in [0.3, 0.4) is 0 Å². The number of ether oxygens (including phenoxy) is 2. The van der Waals surface area contributed by atoms with Crippen LogP contribution < -0.4 is 9.04 Å². The highest BCUT2D eigenvalue weighted by Gasteiger charge is 2.35. The first-order chi connectivity index (χ1) is 15.9. The lowest BCUT2D eigenvalue weighted by Gasteiger charge is -2.34. The first kappa shape index (κ1) is 23.2. The second-order valence-electron chi connectivity index (χ2n) is 7.31. The number of carbonyl (C=O) groups is 1. The summed E-state index contributed by atoms with van der Waals surface area (Å²) in [5.41, 5.74) is 1.10. The van der Waals surface area contributed by atoms with Gasteiger partial charge >= 0.3 is 5.97 Å². The zero-order valence-corrected chi connectivity index (χ0v) is 20.1. The molecule has 0 saturated carbocycles. The molecule has 174 valence electrons.